The van der Waals surface area contributed by atoms with E-state index in [2.05, 4.69) is 5.32 Å². The summed E-state index contributed by atoms with van der Waals surface area (Å²) in [5, 5.41) is 2.82. The number of imide groups is 1. The lowest BCUT2D eigenvalue weighted by Crippen LogP contribution is -2.35. The van der Waals surface area contributed by atoms with Crippen molar-refractivity contribution in [3.05, 3.63) is 29.8 Å². The predicted octanol–water partition coefficient (Wildman–Crippen LogP) is 1.88. The molecule has 1 aliphatic heterocycles. The first kappa shape index (κ1) is 17.5. The van der Waals surface area contributed by atoms with E-state index in [-0.39, 0.29) is 42.5 Å². The zero-order valence-corrected chi connectivity index (χ0v) is 14.5. The minimum Gasteiger partial charge on any atom is -0.497 e. The van der Waals surface area contributed by atoms with Gasteiger partial charge in [-0.05, 0) is 30.5 Å². The summed E-state index contributed by atoms with van der Waals surface area (Å²) < 4.78 is 5.15. The van der Waals surface area contributed by atoms with E-state index < -0.39 is 0 Å². The lowest BCUT2D eigenvalue weighted by molar-refractivity contribution is -0.140. The van der Waals surface area contributed by atoms with E-state index in [4.69, 9.17) is 4.74 Å². The molecule has 134 valence electrons. The maximum Gasteiger partial charge on any atom is 0.233 e. The fourth-order valence-electron chi connectivity index (χ4n) is 3.74. The SMILES string of the molecule is COc1cccc(CNC(=O)CCN2C(=O)[C@H]3CCCC[C@@H]3C2=O)c1. The lowest BCUT2D eigenvalue weighted by atomic mass is 9.81. The number of nitrogens with zero attached hydrogens (tertiary/aromatic N) is 1. The van der Waals surface area contributed by atoms with Crippen LogP contribution in [0.1, 0.15) is 37.7 Å². The number of nitrogens with one attached hydrogen (secondary N) is 1. The van der Waals surface area contributed by atoms with Crippen LogP contribution in [0.5, 0.6) is 5.75 Å². The summed E-state index contributed by atoms with van der Waals surface area (Å²) >= 11 is 0. The first-order valence-corrected chi connectivity index (χ1v) is 8.85. The minimum absolute atomic E-state index is 0.0877. The fourth-order valence-corrected chi connectivity index (χ4v) is 3.74. The van der Waals surface area contributed by atoms with Crippen molar-refractivity contribution in [2.75, 3.05) is 13.7 Å². The van der Waals surface area contributed by atoms with Crippen molar-refractivity contribution in [3.63, 3.8) is 0 Å². The van der Waals surface area contributed by atoms with Crippen LogP contribution in [-0.2, 0) is 20.9 Å². The van der Waals surface area contributed by atoms with Crippen LogP contribution in [0.4, 0.5) is 0 Å². The van der Waals surface area contributed by atoms with Crippen LogP contribution in [-0.4, -0.2) is 36.3 Å². The zero-order valence-electron chi connectivity index (χ0n) is 14.5. The molecule has 3 amide bonds. The molecule has 1 N–H and O–H groups in total. The number of rotatable bonds is 6. The standard InChI is InChI=1S/C19H24N2O4/c1-25-14-6-4-5-13(11-14)12-20-17(22)9-10-21-18(23)15-7-2-3-8-16(15)19(21)24/h4-6,11,15-16H,2-3,7-10,12H2,1H3,(H,20,22)/t15-,16-/m0/s1. The van der Waals surface area contributed by atoms with E-state index in [1.54, 1.807) is 7.11 Å². The van der Waals surface area contributed by atoms with Crippen molar-refractivity contribution in [3.8, 4) is 5.75 Å². The van der Waals surface area contributed by atoms with Gasteiger partial charge < -0.3 is 10.1 Å². The van der Waals surface area contributed by atoms with Crippen LogP contribution in [0, 0.1) is 11.8 Å². The summed E-state index contributed by atoms with van der Waals surface area (Å²) in [6, 6.07) is 7.47. The number of benzene rings is 1. The van der Waals surface area contributed by atoms with Crippen molar-refractivity contribution < 1.29 is 19.1 Å². The van der Waals surface area contributed by atoms with Crippen molar-refractivity contribution in [1.29, 1.82) is 0 Å². The van der Waals surface area contributed by atoms with Gasteiger partial charge in [0.1, 0.15) is 5.75 Å². The van der Waals surface area contributed by atoms with Crippen molar-refractivity contribution in [1.82, 2.24) is 10.2 Å². The van der Waals surface area contributed by atoms with Crippen molar-refractivity contribution >= 4 is 17.7 Å². The van der Waals surface area contributed by atoms with Gasteiger partial charge in [0.15, 0.2) is 0 Å². The van der Waals surface area contributed by atoms with Gasteiger partial charge in [0.2, 0.25) is 17.7 Å². The molecule has 1 saturated heterocycles. The van der Waals surface area contributed by atoms with Crippen LogP contribution in [0.15, 0.2) is 24.3 Å². The highest BCUT2D eigenvalue weighted by Crippen LogP contribution is 2.37. The molecule has 25 heavy (non-hydrogen) atoms. The summed E-state index contributed by atoms with van der Waals surface area (Å²) in [7, 11) is 1.60. The normalized spacial score (nSPS) is 22.7. The molecule has 0 spiro atoms. The fraction of sp³-hybridized carbons (Fsp3) is 0.526. The van der Waals surface area contributed by atoms with Gasteiger partial charge in [-0.25, -0.2) is 0 Å². The smallest absolute Gasteiger partial charge is 0.233 e. The molecular weight excluding hydrogens is 320 g/mol. The average Bonchev–Trinajstić information content (AvgIpc) is 2.89. The van der Waals surface area contributed by atoms with E-state index in [1.165, 1.54) is 4.90 Å². The van der Waals surface area contributed by atoms with Gasteiger partial charge >= 0.3 is 0 Å². The predicted molar refractivity (Wildman–Crippen MR) is 91.6 cm³/mol. The van der Waals surface area contributed by atoms with Crippen molar-refractivity contribution in [2.24, 2.45) is 11.8 Å². The summed E-state index contributed by atoms with van der Waals surface area (Å²) in [5.74, 6) is 0.0914. The highest BCUT2D eigenvalue weighted by Gasteiger charge is 2.47. The first-order valence-electron chi connectivity index (χ1n) is 8.85. The van der Waals surface area contributed by atoms with E-state index in [0.717, 1.165) is 37.0 Å². The Morgan fingerprint density at radius 3 is 2.52 bits per heavy atom. The van der Waals surface area contributed by atoms with Gasteiger partial charge in [-0.1, -0.05) is 25.0 Å². The van der Waals surface area contributed by atoms with Crippen LogP contribution in [0.25, 0.3) is 0 Å². The summed E-state index contributed by atoms with van der Waals surface area (Å²) in [5.41, 5.74) is 0.937. The number of methoxy groups -OCH3 is 1. The van der Waals surface area contributed by atoms with Gasteiger partial charge in [-0.2, -0.15) is 0 Å². The molecule has 1 aromatic carbocycles. The first-order chi connectivity index (χ1) is 12.1. The molecule has 0 radical (unpaired) electrons. The Kier molecular flexibility index (Phi) is 5.36. The molecule has 1 aliphatic carbocycles. The zero-order chi connectivity index (χ0) is 17.8. The van der Waals surface area contributed by atoms with Crippen LogP contribution < -0.4 is 10.1 Å². The largest absolute Gasteiger partial charge is 0.497 e. The molecule has 2 fully saturated rings. The third-order valence-corrected chi connectivity index (χ3v) is 5.12. The minimum atomic E-state index is -0.168. The van der Waals surface area contributed by atoms with Crippen molar-refractivity contribution in [2.45, 2.75) is 38.6 Å². The van der Waals surface area contributed by atoms with Crippen LogP contribution in [0.2, 0.25) is 0 Å². The summed E-state index contributed by atoms with van der Waals surface area (Å²) in [4.78, 5) is 38.1. The summed E-state index contributed by atoms with van der Waals surface area (Å²) in [6.07, 6.45) is 3.76. The monoisotopic (exact) mass is 344 g/mol. The van der Waals surface area contributed by atoms with Gasteiger partial charge in [-0.15, -0.1) is 0 Å². The second kappa shape index (κ2) is 7.68. The Hall–Kier alpha value is -2.37. The van der Waals surface area contributed by atoms with E-state index in [9.17, 15) is 14.4 Å². The Balaban J connectivity index is 1.48. The quantitative estimate of drug-likeness (QED) is 0.800. The maximum atomic E-state index is 12.4. The van der Waals surface area contributed by atoms with E-state index in [0.29, 0.717) is 6.54 Å². The Morgan fingerprint density at radius 2 is 1.88 bits per heavy atom. The highest BCUT2D eigenvalue weighted by molar-refractivity contribution is 6.05. The van der Waals surface area contributed by atoms with Gasteiger partial charge in [0.05, 0.1) is 18.9 Å². The molecule has 1 aromatic rings. The van der Waals surface area contributed by atoms with Crippen LogP contribution in [0.3, 0.4) is 0 Å². The topological polar surface area (TPSA) is 75.7 Å². The Morgan fingerprint density at radius 1 is 1.20 bits per heavy atom. The number of fused-ring (bicyclic) bond motifs is 1. The number of likely N-dealkylation sites (tertiary alicyclic amines) is 1. The van der Waals surface area contributed by atoms with E-state index >= 15 is 0 Å². The molecule has 6 heteroatoms. The number of hydrogen-bond acceptors (Lipinski definition) is 4. The number of amides is 3. The molecule has 0 unspecified atom stereocenters. The Bertz CT molecular complexity index is 649. The molecule has 1 heterocycles. The van der Waals surface area contributed by atoms with E-state index in [1.807, 2.05) is 24.3 Å². The number of carbonyl (C=O) groups is 3. The number of carbonyl (C=O) groups excluding carboxylic acids is 3. The molecular formula is C19H24N2O4. The van der Waals surface area contributed by atoms with Gasteiger partial charge in [-0.3, -0.25) is 19.3 Å². The maximum absolute atomic E-state index is 12.4. The third kappa shape index (κ3) is 3.83. The number of hydrogen-bond donors (Lipinski definition) is 1. The molecule has 6 nitrogen and oxygen atoms in total. The lowest BCUT2D eigenvalue weighted by Gasteiger charge is -2.19. The third-order valence-electron chi connectivity index (χ3n) is 5.12. The average molecular weight is 344 g/mol. The molecule has 0 aromatic heterocycles. The number of ether oxygens (including phenoxy) is 1. The second-order valence-electron chi connectivity index (χ2n) is 6.70. The summed E-state index contributed by atoms with van der Waals surface area (Å²) in [6.45, 7) is 0.567. The van der Waals surface area contributed by atoms with Crippen LogP contribution >= 0.6 is 0 Å². The molecule has 1 saturated carbocycles. The van der Waals surface area contributed by atoms with Gasteiger partial charge in [0, 0.05) is 19.5 Å². The molecule has 0 bridgehead atoms. The molecule has 2 aliphatic rings. The highest BCUT2D eigenvalue weighted by atomic mass is 16.5. The molecule has 2 atom stereocenters. The second-order valence-corrected chi connectivity index (χ2v) is 6.70. The molecule has 3 rings (SSSR count). The Labute approximate surface area is 147 Å². The van der Waals surface area contributed by atoms with Gasteiger partial charge in [0.25, 0.3) is 0 Å².